The third-order valence-corrected chi connectivity index (χ3v) is 3.98. The molecule has 5 heteroatoms. The summed E-state index contributed by atoms with van der Waals surface area (Å²) in [5.74, 6) is 0. The molecular formula is C15H21ClN4. The Morgan fingerprint density at radius 1 is 1.40 bits per heavy atom. The van der Waals surface area contributed by atoms with Gasteiger partial charge in [0.2, 0.25) is 0 Å². The van der Waals surface area contributed by atoms with Crippen molar-refractivity contribution in [2.75, 3.05) is 46.3 Å². The summed E-state index contributed by atoms with van der Waals surface area (Å²) in [4.78, 5) is 4.75. The summed E-state index contributed by atoms with van der Waals surface area (Å²) in [6.07, 6.45) is 0. The quantitative estimate of drug-likeness (QED) is 0.894. The van der Waals surface area contributed by atoms with Gasteiger partial charge in [-0.25, -0.2) is 0 Å². The standard InChI is InChI=1S/C15H21ClN4/c1-19(8-9-20-6-4-18-5-7-20)12-14-3-2-13(11-17)10-15(14)16/h2-3,10,18H,4-9,12H2,1H3. The van der Waals surface area contributed by atoms with Crippen LogP contribution in [-0.2, 0) is 6.54 Å². The number of hydrogen-bond acceptors (Lipinski definition) is 4. The van der Waals surface area contributed by atoms with Crippen LogP contribution in [0.5, 0.6) is 0 Å². The van der Waals surface area contributed by atoms with Crippen LogP contribution in [0.1, 0.15) is 11.1 Å². The maximum atomic E-state index is 8.83. The molecule has 0 saturated carbocycles. The first-order valence-corrected chi connectivity index (χ1v) is 7.37. The first-order valence-electron chi connectivity index (χ1n) is 6.99. The molecular weight excluding hydrogens is 272 g/mol. The number of nitriles is 1. The average molecular weight is 293 g/mol. The van der Waals surface area contributed by atoms with Crippen LogP contribution in [0.25, 0.3) is 0 Å². The predicted octanol–water partition coefficient (Wildman–Crippen LogP) is 1.55. The Hall–Kier alpha value is -1.12. The molecule has 1 aliphatic rings. The van der Waals surface area contributed by atoms with E-state index in [4.69, 9.17) is 16.9 Å². The van der Waals surface area contributed by atoms with Crippen molar-refractivity contribution in [3.8, 4) is 6.07 Å². The van der Waals surface area contributed by atoms with Gasteiger partial charge in [0.05, 0.1) is 11.6 Å². The van der Waals surface area contributed by atoms with Gasteiger partial charge in [-0.15, -0.1) is 0 Å². The lowest BCUT2D eigenvalue weighted by Gasteiger charge is -2.29. The lowest BCUT2D eigenvalue weighted by atomic mass is 10.1. The van der Waals surface area contributed by atoms with Crippen LogP contribution in [0.2, 0.25) is 5.02 Å². The molecule has 0 bridgehead atoms. The maximum absolute atomic E-state index is 8.83. The second-order valence-corrected chi connectivity index (χ2v) is 5.65. The van der Waals surface area contributed by atoms with Crippen LogP contribution in [0.3, 0.4) is 0 Å². The Kier molecular flexibility index (Phi) is 5.81. The molecule has 2 rings (SSSR count). The molecule has 1 aliphatic heterocycles. The SMILES string of the molecule is CN(CCN1CCNCC1)Cc1ccc(C#N)cc1Cl. The van der Waals surface area contributed by atoms with Crippen LogP contribution in [0, 0.1) is 11.3 Å². The Bertz CT molecular complexity index is 477. The van der Waals surface area contributed by atoms with Gasteiger partial charge >= 0.3 is 0 Å². The van der Waals surface area contributed by atoms with Crippen LogP contribution in [0.4, 0.5) is 0 Å². The van der Waals surface area contributed by atoms with E-state index >= 15 is 0 Å². The topological polar surface area (TPSA) is 42.3 Å². The number of halogens is 1. The molecule has 1 fully saturated rings. The number of nitrogens with one attached hydrogen (secondary N) is 1. The molecule has 108 valence electrons. The smallest absolute Gasteiger partial charge is 0.0992 e. The molecule has 1 aromatic carbocycles. The molecule has 1 saturated heterocycles. The van der Waals surface area contributed by atoms with Crippen molar-refractivity contribution in [3.63, 3.8) is 0 Å². The fourth-order valence-electron chi connectivity index (χ4n) is 2.36. The fraction of sp³-hybridized carbons (Fsp3) is 0.533. The Labute approximate surface area is 125 Å². The largest absolute Gasteiger partial charge is 0.314 e. The van der Waals surface area contributed by atoms with E-state index in [0.29, 0.717) is 10.6 Å². The first-order chi connectivity index (χ1) is 9.69. The van der Waals surface area contributed by atoms with Crippen LogP contribution in [0.15, 0.2) is 18.2 Å². The summed E-state index contributed by atoms with van der Waals surface area (Å²) in [5.41, 5.74) is 1.69. The van der Waals surface area contributed by atoms with Gasteiger partial charge in [0.25, 0.3) is 0 Å². The monoisotopic (exact) mass is 292 g/mol. The lowest BCUT2D eigenvalue weighted by molar-refractivity contribution is 0.202. The number of nitrogens with zero attached hydrogens (tertiary/aromatic N) is 3. The number of piperazine rings is 1. The molecule has 0 aliphatic carbocycles. The van der Waals surface area contributed by atoms with Crippen LogP contribution >= 0.6 is 11.6 Å². The highest BCUT2D eigenvalue weighted by molar-refractivity contribution is 6.31. The second kappa shape index (κ2) is 7.61. The molecule has 0 unspecified atom stereocenters. The molecule has 4 nitrogen and oxygen atoms in total. The van der Waals surface area contributed by atoms with Gasteiger partial charge in [-0.1, -0.05) is 17.7 Å². The van der Waals surface area contributed by atoms with Crippen molar-refractivity contribution >= 4 is 11.6 Å². The van der Waals surface area contributed by atoms with E-state index in [1.807, 2.05) is 12.1 Å². The average Bonchev–Trinajstić information content (AvgIpc) is 2.48. The summed E-state index contributed by atoms with van der Waals surface area (Å²) >= 11 is 6.20. The molecule has 1 N–H and O–H groups in total. The van der Waals surface area contributed by atoms with E-state index in [0.717, 1.165) is 51.4 Å². The maximum Gasteiger partial charge on any atom is 0.0992 e. The molecule has 1 aromatic rings. The van der Waals surface area contributed by atoms with Gasteiger partial charge in [0.15, 0.2) is 0 Å². The zero-order valence-electron chi connectivity index (χ0n) is 11.9. The van der Waals surface area contributed by atoms with E-state index < -0.39 is 0 Å². The summed E-state index contributed by atoms with van der Waals surface area (Å²) in [6, 6.07) is 7.61. The van der Waals surface area contributed by atoms with Crippen molar-refractivity contribution in [3.05, 3.63) is 34.3 Å². The normalized spacial score (nSPS) is 16.3. The highest BCUT2D eigenvalue weighted by Gasteiger charge is 2.11. The van der Waals surface area contributed by atoms with Gasteiger partial charge in [-0.05, 0) is 24.7 Å². The summed E-state index contributed by atoms with van der Waals surface area (Å²) in [6.45, 7) is 7.37. The Morgan fingerprint density at radius 3 is 2.80 bits per heavy atom. The summed E-state index contributed by atoms with van der Waals surface area (Å²) in [5, 5.41) is 12.9. The third kappa shape index (κ3) is 4.46. The molecule has 1 heterocycles. The van der Waals surface area contributed by atoms with Gasteiger partial charge in [-0.3, -0.25) is 4.90 Å². The molecule has 20 heavy (non-hydrogen) atoms. The third-order valence-electron chi connectivity index (χ3n) is 3.63. The number of hydrogen-bond donors (Lipinski definition) is 1. The van der Waals surface area contributed by atoms with Gasteiger partial charge < -0.3 is 10.2 Å². The fourth-order valence-corrected chi connectivity index (χ4v) is 2.60. The minimum atomic E-state index is 0.613. The van der Waals surface area contributed by atoms with E-state index in [1.165, 1.54) is 0 Å². The summed E-state index contributed by atoms with van der Waals surface area (Å²) < 4.78 is 0. The van der Waals surface area contributed by atoms with Crippen molar-refractivity contribution in [2.45, 2.75) is 6.54 Å². The molecule has 0 atom stereocenters. The Balaban J connectivity index is 1.81. The minimum absolute atomic E-state index is 0.613. The number of likely N-dealkylation sites (N-methyl/N-ethyl adjacent to an activating group) is 1. The second-order valence-electron chi connectivity index (χ2n) is 5.25. The van der Waals surface area contributed by atoms with Gasteiger partial charge in [0, 0.05) is 50.8 Å². The Morgan fingerprint density at radius 2 is 2.15 bits per heavy atom. The highest BCUT2D eigenvalue weighted by Crippen LogP contribution is 2.18. The zero-order chi connectivity index (χ0) is 14.4. The summed E-state index contributed by atoms with van der Waals surface area (Å²) in [7, 11) is 2.11. The zero-order valence-corrected chi connectivity index (χ0v) is 12.7. The lowest BCUT2D eigenvalue weighted by Crippen LogP contribution is -2.45. The minimum Gasteiger partial charge on any atom is -0.314 e. The first kappa shape index (κ1) is 15.3. The molecule has 0 radical (unpaired) electrons. The van der Waals surface area contributed by atoms with E-state index in [1.54, 1.807) is 6.07 Å². The van der Waals surface area contributed by atoms with Crippen LogP contribution < -0.4 is 5.32 Å². The van der Waals surface area contributed by atoms with Crippen LogP contribution in [-0.4, -0.2) is 56.1 Å². The number of benzene rings is 1. The predicted molar refractivity (Wildman–Crippen MR) is 81.8 cm³/mol. The van der Waals surface area contributed by atoms with E-state index in [-0.39, 0.29) is 0 Å². The molecule has 0 spiro atoms. The van der Waals surface area contributed by atoms with Gasteiger partial charge in [-0.2, -0.15) is 5.26 Å². The highest BCUT2D eigenvalue weighted by atomic mass is 35.5. The van der Waals surface area contributed by atoms with Crippen molar-refractivity contribution in [2.24, 2.45) is 0 Å². The van der Waals surface area contributed by atoms with Crippen molar-refractivity contribution < 1.29 is 0 Å². The molecule has 0 amide bonds. The van der Waals surface area contributed by atoms with Crippen molar-refractivity contribution in [1.29, 1.82) is 5.26 Å². The van der Waals surface area contributed by atoms with Gasteiger partial charge in [0.1, 0.15) is 0 Å². The van der Waals surface area contributed by atoms with E-state index in [9.17, 15) is 0 Å². The molecule has 0 aromatic heterocycles. The van der Waals surface area contributed by atoms with Crippen molar-refractivity contribution in [1.82, 2.24) is 15.1 Å². The van der Waals surface area contributed by atoms with E-state index in [2.05, 4.69) is 28.2 Å². The number of rotatable bonds is 5.